The van der Waals surface area contributed by atoms with Crippen LogP contribution in [-0.2, 0) is 6.42 Å². The first-order valence-electron chi connectivity index (χ1n) is 5.03. The second-order valence-electron chi connectivity index (χ2n) is 5.02. The highest BCUT2D eigenvalue weighted by molar-refractivity contribution is 5.48. The monoisotopic (exact) mass is 210 g/mol. The number of rotatable bonds is 2. The number of phenols is 3. The van der Waals surface area contributed by atoms with Crippen LogP contribution in [0, 0.1) is 5.41 Å². The Labute approximate surface area is 90.0 Å². The van der Waals surface area contributed by atoms with Crippen molar-refractivity contribution in [3.05, 3.63) is 17.7 Å². The van der Waals surface area contributed by atoms with E-state index in [1.807, 2.05) is 0 Å². The molecule has 0 saturated carbocycles. The van der Waals surface area contributed by atoms with Gasteiger partial charge < -0.3 is 15.3 Å². The summed E-state index contributed by atoms with van der Waals surface area (Å²) in [5, 5.41) is 28.2. The predicted molar refractivity (Wildman–Crippen MR) is 59.2 cm³/mol. The summed E-state index contributed by atoms with van der Waals surface area (Å²) in [5.41, 5.74) is 0.652. The van der Waals surface area contributed by atoms with Crippen LogP contribution in [0.1, 0.15) is 32.8 Å². The van der Waals surface area contributed by atoms with Gasteiger partial charge >= 0.3 is 0 Å². The molecule has 0 aliphatic carbocycles. The lowest BCUT2D eigenvalue weighted by molar-refractivity contribution is 0.366. The van der Waals surface area contributed by atoms with Crippen LogP contribution in [0.4, 0.5) is 0 Å². The summed E-state index contributed by atoms with van der Waals surface area (Å²) in [5.74, 6) is -0.210. The van der Waals surface area contributed by atoms with Gasteiger partial charge in [-0.1, -0.05) is 20.8 Å². The van der Waals surface area contributed by atoms with Crippen LogP contribution in [0.5, 0.6) is 17.2 Å². The zero-order valence-electron chi connectivity index (χ0n) is 9.41. The Hall–Kier alpha value is -1.38. The van der Waals surface area contributed by atoms with Crippen molar-refractivity contribution >= 4 is 0 Å². The molecule has 0 amide bonds. The Morgan fingerprint density at radius 3 is 1.87 bits per heavy atom. The summed E-state index contributed by atoms with van der Waals surface area (Å²) in [4.78, 5) is 0. The largest absolute Gasteiger partial charge is 0.508 e. The molecule has 0 spiro atoms. The highest BCUT2D eigenvalue weighted by Gasteiger charge is 2.15. The van der Waals surface area contributed by atoms with E-state index in [9.17, 15) is 10.2 Å². The summed E-state index contributed by atoms with van der Waals surface area (Å²) in [7, 11) is 0. The van der Waals surface area contributed by atoms with Gasteiger partial charge in [-0.2, -0.15) is 0 Å². The average Bonchev–Trinajstić information content (AvgIpc) is 1.99. The molecule has 0 heterocycles. The summed E-state index contributed by atoms with van der Waals surface area (Å²) in [6.07, 6.45) is 1.46. The summed E-state index contributed by atoms with van der Waals surface area (Å²) in [6, 6.07) is 2.50. The molecule has 0 aromatic heterocycles. The number of benzene rings is 1. The van der Waals surface area contributed by atoms with Crippen LogP contribution < -0.4 is 0 Å². The molecule has 0 radical (unpaired) electrons. The number of phenolic OH excluding ortho intramolecular Hbond substituents is 3. The minimum absolute atomic E-state index is 0.0447. The molecule has 84 valence electrons. The van der Waals surface area contributed by atoms with Gasteiger partial charge in [0.15, 0.2) is 0 Å². The predicted octanol–water partition coefficient (Wildman–Crippen LogP) is 2.78. The van der Waals surface area contributed by atoms with E-state index in [-0.39, 0.29) is 22.7 Å². The molecule has 3 N–H and O–H groups in total. The van der Waals surface area contributed by atoms with E-state index < -0.39 is 0 Å². The Kier molecular flexibility index (Phi) is 3.12. The van der Waals surface area contributed by atoms with Gasteiger partial charge in [-0.15, -0.1) is 0 Å². The standard InChI is InChI=1S/C12H18O3/c1-12(2,3)5-4-9-10(14)6-8(13)7-11(9)15/h6-7,13-15H,4-5H2,1-3H3. The van der Waals surface area contributed by atoms with Crippen LogP contribution in [0.3, 0.4) is 0 Å². The maximum atomic E-state index is 9.55. The molecular formula is C12H18O3. The molecule has 3 nitrogen and oxygen atoms in total. The third kappa shape index (κ3) is 3.35. The SMILES string of the molecule is CC(C)(C)CCc1c(O)cc(O)cc1O. The van der Waals surface area contributed by atoms with Gasteiger partial charge in [-0.05, 0) is 18.3 Å². The van der Waals surface area contributed by atoms with E-state index in [0.717, 1.165) is 6.42 Å². The Balaban J connectivity index is 2.86. The van der Waals surface area contributed by atoms with Crippen LogP contribution in [0.2, 0.25) is 0 Å². The van der Waals surface area contributed by atoms with Crippen molar-refractivity contribution in [2.24, 2.45) is 5.41 Å². The fourth-order valence-corrected chi connectivity index (χ4v) is 1.38. The maximum absolute atomic E-state index is 9.55. The Bertz CT molecular complexity index is 327. The van der Waals surface area contributed by atoms with E-state index >= 15 is 0 Å². The summed E-state index contributed by atoms with van der Waals surface area (Å²) >= 11 is 0. The summed E-state index contributed by atoms with van der Waals surface area (Å²) < 4.78 is 0. The first-order valence-corrected chi connectivity index (χ1v) is 5.03. The van der Waals surface area contributed by atoms with E-state index in [1.54, 1.807) is 0 Å². The van der Waals surface area contributed by atoms with Gasteiger partial charge in [0.1, 0.15) is 17.2 Å². The zero-order valence-corrected chi connectivity index (χ0v) is 9.41. The van der Waals surface area contributed by atoms with Gasteiger partial charge in [-0.25, -0.2) is 0 Å². The van der Waals surface area contributed by atoms with Gasteiger partial charge in [0, 0.05) is 17.7 Å². The molecule has 0 atom stereocenters. The number of aromatic hydroxyl groups is 3. The molecule has 0 fully saturated rings. The van der Waals surface area contributed by atoms with Crippen LogP contribution >= 0.6 is 0 Å². The van der Waals surface area contributed by atoms with Gasteiger partial charge in [0.25, 0.3) is 0 Å². The number of hydrogen-bond acceptors (Lipinski definition) is 3. The third-order valence-electron chi connectivity index (χ3n) is 2.31. The van der Waals surface area contributed by atoms with Crippen molar-refractivity contribution in [3.63, 3.8) is 0 Å². The Morgan fingerprint density at radius 2 is 1.47 bits per heavy atom. The van der Waals surface area contributed by atoms with Crippen molar-refractivity contribution in [1.82, 2.24) is 0 Å². The van der Waals surface area contributed by atoms with Crippen LogP contribution in [0.15, 0.2) is 12.1 Å². The normalized spacial score (nSPS) is 11.7. The third-order valence-corrected chi connectivity index (χ3v) is 2.31. The number of hydrogen-bond donors (Lipinski definition) is 3. The summed E-state index contributed by atoms with van der Waals surface area (Å²) in [6.45, 7) is 6.30. The minimum atomic E-state index is -0.121. The fraction of sp³-hybridized carbons (Fsp3) is 0.500. The lowest BCUT2D eigenvalue weighted by Gasteiger charge is -2.18. The molecular weight excluding hydrogens is 192 g/mol. The molecule has 15 heavy (non-hydrogen) atoms. The lowest BCUT2D eigenvalue weighted by atomic mass is 9.88. The average molecular weight is 210 g/mol. The van der Waals surface area contributed by atoms with Crippen molar-refractivity contribution in [2.75, 3.05) is 0 Å². The molecule has 0 saturated heterocycles. The van der Waals surface area contributed by atoms with Crippen LogP contribution in [-0.4, -0.2) is 15.3 Å². The van der Waals surface area contributed by atoms with Crippen LogP contribution in [0.25, 0.3) is 0 Å². The molecule has 1 aromatic carbocycles. The molecule has 1 aromatic rings. The molecule has 0 bridgehead atoms. The second kappa shape index (κ2) is 4.01. The van der Waals surface area contributed by atoms with Gasteiger partial charge in [0.2, 0.25) is 0 Å². The van der Waals surface area contributed by atoms with E-state index in [4.69, 9.17) is 5.11 Å². The minimum Gasteiger partial charge on any atom is -0.508 e. The van der Waals surface area contributed by atoms with Gasteiger partial charge in [0.05, 0.1) is 0 Å². The fourth-order valence-electron chi connectivity index (χ4n) is 1.38. The molecule has 0 aliphatic rings. The van der Waals surface area contributed by atoms with Gasteiger partial charge in [-0.3, -0.25) is 0 Å². The van der Waals surface area contributed by atoms with E-state index in [0.29, 0.717) is 12.0 Å². The molecule has 3 heteroatoms. The quantitative estimate of drug-likeness (QED) is 0.703. The zero-order chi connectivity index (χ0) is 11.6. The second-order valence-corrected chi connectivity index (χ2v) is 5.02. The first kappa shape index (κ1) is 11.7. The molecule has 1 rings (SSSR count). The highest BCUT2D eigenvalue weighted by Crippen LogP contribution is 2.34. The smallest absolute Gasteiger partial charge is 0.126 e. The van der Waals surface area contributed by atoms with Crippen molar-refractivity contribution in [1.29, 1.82) is 0 Å². The van der Waals surface area contributed by atoms with Crippen molar-refractivity contribution in [2.45, 2.75) is 33.6 Å². The van der Waals surface area contributed by atoms with E-state index in [2.05, 4.69) is 20.8 Å². The lowest BCUT2D eigenvalue weighted by Crippen LogP contribution is -2.06. The molecule has 0 aliphatic heterocycles. The first-order chi connectivity index (χ1) is 6.79. The Morgan fingerprint density at radius 1 is 1.00 bits per heavy atom. The van der Waals surface area contributed by atoms with E-state index in [1.165, 1.54) is 12.1 Å². The maximum Gasteiger partial charge on any atom is 0.126 e. The molecule has 0 unspecified atom stereocenters. The topological polar surface area (TPSA) is 60.7 Å². The highest BCUT2D eigenvalue weighted by atomic mass is 16.3. The van der Waals surface area contributed by atoms with Crippen molar-refractivity contribution in [3.8, 4) is 17.2 Å². The van der Waals surface area contributed by atoms with Crippen molar-refractivity contribution < 1.29 is 15.3 Å².